The van der Waals surface area contributed by atoms with Gasteiger partial charge in [-0.05, 0) is 56.7 Å². The topological polar surface area (TPSA) is 114 Å². The van der Waals surface area contributed by atoms with E-state index < -0.39 is 21.8 Å². The van der Waals surface area contributed by atoms with Crippen LogP contribution in [-0.2, 0) is 10.0 Å². The van der Waals surface area contributed by atoms with E-state index in [0.29, 0.717) is 18.1 Å². The molecule has 2 aromatic carbocycles. The molecule has 0 saturated heterocycles. The SMILES string of the molecule is CCCOc1ccc(C(=O)NNC(=O)c2cccc(S(=O)(=O)N(C)C(C)C)c2)cc1OC. The van der Waals surface area contributed by atoms with Crippen molar-refractivity contribution >= 4 is 21.8 Å². The van der Waals surface area contributed by atoms with Gasteiger partial charge in [0.05, 0.1) is 18.6 Å². The molecule has 0 aliphatic rings. The molecule has 2 amide bonds. The van der Waals surface area contributed by atoms with Crippen LogP contribution in [0.25, 0.3) is 0 Å². The number of hydrogen-bond acceptors (Lipinski definition) is 6. The fourth-order valence-corrected chi connectivity index (χ4v) is 4.05. The second-order valence-corrected chi connectivity index (χ2v) is 9.26. The number of hydrazine groups is 1. The number of methoxy groups -OCH3 is 1. The van der Waals surface area contributed by atoms with Gasteiger partial charge in [-0.1, -0.05) is 13.0 Å². The lowest BCUT2D eigenvalue weighted by atomic mass is 10.2. The fourth-order valence-electron chi connectivity index (χ4n) is 2.64. The highest BCUT2D eigenvalue weighted by atomic mass is 32.2. The highest BCUT2D eigenvalue weighted by Gasteiger charge is 2.24. The van der Waals surface area contributed by atoms with Crippen LogP contribution >= 0.6 is 0 Å². The zero-order chi connectivity index (χ0) is 23.9. The molecule has 0 spiro atoms. The first-order valence-electron chi connectivity index (χ1n) is 10.1. The van der Waals surface area contributed by atoms with Crippen LogP contribution in [0.15, 0.2) is 47.4 Å². The second kappa shape index (κ2) is 11.0. The predicted molar refractivity (Wildman–Crippen MR) is 120 cm³/mol. The van der Waals surface area contributed by atoms with Crippen molar-refractivity contribution in [3.05, 3.63) is 53.6 Å². The van der Waals surface area contributed by atoms with Crippen LogP contribution in [0.4, 0.5) is 0 Å². The molecule has 0 aromatic heterocycles. The van der Waals surface area contributed by atoms with Crippen LogP contribution < -0.4 is 20.3 Å². The van der Waals surface area contributed by atoms with E-state index in [-0.39, 0.29) is 22.1 Å². The number of carbonyl (C=O) groups is 2. The Morgan fingerprint density at radius 3 is 2.19 bits per heavy atom. The molecule has 0 saturated carbocycles. The van der Waals surface area contributed by atoms with Crippen LogP contribution in [-0.4, -0.2) is 51.3 Å². The van der Waals surface area contributed by atoms with Crippen LogP contribution in [0, 0.1) is 0 Å². The number of nitrogens with zero attached hydrogens (tertiary/aromatic N) is 1. The maximum atomic E-state index is 12.7. The number of amides is 2. The Morgan fingerprint density at radius 1 is 1.00 bits per heavy atom. The van der Waals surface area contributed by atoms with E-state index in [1.54, 1.807) is 26.0 Å². The number of sulfonamides is 1. The van der Waals surface area contributed by atoms with E-state index in [4.69, 9.17) is 9.47 Å². The minimum atomic E-state index is -3.75. The summed E-state index contributed by atoms with van der Waals surface area (Å²) in [5.41, 5.74) is 4.95. The highest BCUT2D eigenvalue weighted by molar-refractivity contribution is 7.89. The van der Waals surface area contributed by atoms with Crippen LogP contribution in [0.5, 0.6) is 11.5 Å². The van der Waals surface area contributed by atoms with Crippen LogP contribution in [0.1, 0.15) is 47.9 Å². The van der Waals surface area contributed by atoms with Crippen molar-refractivity contribution in [1.29, 1.82) is 0 Å². The number of ether oxygens (including phenoxy) is 2. The van der Waals surface area contributed by atoms with Gasteiger partial charge in [0.2, 0.25) is 10.0 Å². The van der Waals surface area contributed by atoms with Crippen molar-refractivity contribution in [2.75, 3.05) is 20.8 Å². The Bertz CT molecular complexity index is 1070. The van der Waals surface area contributed by atoms with Gasteiger partial charge in [-0.25, -0.2) is 8.42 Å². The average molecular weight is 464 g/mol. The van der Waals surface area contributed by atoms with Crippen molar-refractivity contribution in [3.63, 3.8) is 0 Å². The second-order valence-electron chi connectivity index (χ2n) is 7.27. The zero-order valence-electron chi connectivity index (χ0n) is 18.8. The van der Waals surface area contributed by atoms with E-state index in [1.807, 2.05) is 6.92 Å². The van der Waals surface area contributed by atoms with Gasteiger partial charge in [-0.2, -0.15) is 4.31 Å². The maximum absolute atomic E-state index is 12.7. The molecule has 32 heavy (non-hydrogen) atoms. The number of rotatable bonds is 9. The summed E-state index contributed by atoms with van der Waals surface area (Å²) in [6.07, 6.45) is 0.827. The molecule has 0 bridgehead atoms. The quantitative estimate of drug-likeness (QED) is 0.553. The van der Waals surface area contributed by atoms with Crippen molar-refractivity contribution in [3.8, 4) is 11.5 Å². The molecular formula is C22H29N3O6S. The standard InChI is InChI=1S/C22H29N3O6S/c1-6-12-31-19-11-10-17(14-20(19)30-5)22(27)24-23-21(26)16-8-7-9-18(13-16)32(28,29)25(4)15(2)3/h7-11,13-15H,6,12H2,1-5H3,(H,23,26)(H,24,27). The van der Waals surface area contributed by atoms with Crippen molar-refractivity contribution < 1.29 is 27.5 Å². The van der Waals surface area contributed by atoms with Gasteiger partial charge in [0.25, 0.3) is 11.8 Å². The third-order valence-corrected chi connectivity index (χ3v) is 6.71. The molecule has 2 rings (SSSR count). The molecule has 0 atom stereocenters. The molecule has 0 unspecified atom stereocenters. The molecule has 0 aliphatic heterocycles. The maximum Gasteiger partial charge on any atom is 0.269 e. The summed E-state index contributed by atoms with van der Waals surface area (Å²) in [5, 5.41) is 0. The summed E-state index contributed by atoms with van der Waals surface area (Å²) < 4.78 is 37.3. The number of nitrogens with one attached hydrogen (secondary N) is 2. The lowest BCUT2D eigenvalue weighted by Crippen LogP contribution is -2.41. The first kappa shape index (κ1) is 25.2. The van der Waals surface area contributed by atoms with Crippen molar-refractivity contribution in [2.45, 2.75) is 38.1 Å². The summed E-state index contributed by atoms with van der Waals surface area (Å²) in [5.74, 6) is -0.316. The average Bonchev–Trinajstić information content (AvgIpc) is 2.80. The summed E-state index contributed by atoms with van der Waals surface area (Å²) >= 11 is 0. The third-order valence-electron chi connectivity index (χ3n) is 4.68. The summed E-state index contributed by atoms with van der Waals surface area (Å²) in [6, 6.07) is 10.0. The first-order chi connectivity index (χ1) is 15.1. The van der Waals surface area contributed by atoms with Gasteiger partial charge in [0.1, 0.15) is 0 Å². The predicted octanol–water partition coefficient (Wildman–Crippen LogP) is 2.59. The summed E-state index contributed by atoms with van der Waals surface area (Å²) in [4.78, 5) is 24.9. The Kier molecular flexibility index (Phi) is 8.62. The minimum absolute atomic E-state index is 0.0138. The number of carbonyl (C=O) groups excluding carboxylic acids is 2. The molecule has 2 aromatic rings. The lowest BCUT2D eigenvalue weighted by molar-refractivity contribution is 0.0846. The molecule has 0 heterocycles. The van der Waals surface area contributed by atoms with Gasteiger partial charge in [0, 0.05) is 24.2 Å². The van der Waals surface area contributed by atoms with E-state index in [9.17, 15) is 18.0 Å². The van der Waals surface area contributed by atoms with Crippen LogP contribution in [0.2, 0.25) is 0 Å². The molecule has 9 nitrogen and oxygen atoms in total. The normalized spacial score (nSPS) is 11.3. The van der Waals surface area contributed by atoms with E-state index in [2.05, 4.69) is 10.9 Å². The monoisotopic (exact) mass is 463 g/mol. The summed E-state index contributed by atoms with van der Waals surface area (Å²) in [7, 11) is -0.807. The van der Waals surface area contributed by atoms with E-state index in [1.165, 1.54) is 48.8 Å². The molecule has 0 radical (unpaired) electrons. The van der Waals surface area contributed by atoms with Crippen LogP contribution in [0.3, 0.4) is 0 Å². The molecule has 2 N–H and O–H groups in total. The van der Waals surface area contributed by atoms with E-state index >= 15 is 0 Å². The largest absolute Gasteiger partial charge is 0.493 e. The smallest absolute Gasteiger partial charge is 0.269 e. The molecule has 0 aliphatic carbocycles. The zero-order valence-corrected chi connectivity index (χ0v) is 19.7. The Morgan fingerprint density at radius 2 is 1.62 bits per heavy atom. The molecule has 0 fully saturated rings. The third kappa shape index (κ3) is 5.98. The van der Waals surface area contributed by atoms with Gasteiger partial charge < -0.3 is 9.47 Å². The van der Waals surface area contributed by atoms with Gasteiger partial charge in [-0.15, -0.1) is 0 Å². The number of benzene rings is 2. The Balaban J connectivity index is 2.10. The number of hydrogen-bond donors (Lipinski definition) is 2. The highest BCUT2D eigenvalue weighted by Crippen LogP contribution is 2.28. The lowest BCUT2D eigenvalue weighted by Gasteiger charge is -2.21. The van der Waals surface area contributed by atoms with Gasteiger partial charge >= 0.3 is 0 Å². The van der Waals surface area contributed by atoms with Crippen molar-refractivity contribution in [1.82, 2.24) is 15.2 Å². The van der Waals surface area contributed by atoms with E-state index in [0.717, 1.165) is 6.42 Å². The molecule has 174 valence electrons. The first-order valence-corrected chi connectivity index (χ1v) is 11.6. The van der Waals surface area contributed by atoms with Crippen molar-refractivity contribution in [2.24, 2.45) is 0 Å². The minimum Gasteiger partial charge on any atom is -0.493 e. The van der Waals surface area contributed by atoms with Gasteiger partial charge in [0.15, 0.2) is 11.5 Å². The Labute approximate surface area is 188 Å². The summed E-state index contributed by atoms with van der Waals surface area (Å²) in [6.45, 7) is 5.99. The Hall–Kier alpha value is -3.11. The van der Waals surface area contributed by atoms with Gasteiger partial charge in [-0.3, -0.25) is 20.4 Å². The molecular weight excluding hydrogens is 434 g/mol. The molecule has 10 heteroatoms. The fraction of sp³-hybridized carbons (Fsp3) is 0.364.